The first-order chi connectivity index (χ1) is 15.6. The third-order valence-electron chi connectivity index (χ3n) is 4.39. The molecule has 1 radical (unpaired) electrons. The minimum absolute atomic E-state index is 0.0759. The van der Waals surface area contributed by atoms with Crippen molar-refractivity contribution in [3.8, 4) is 5.75 Å². The van der Waals surface area contributed by atoms with Crippen LogP contribution in [0.5, 0.6) is 5.75 Å². The number of sulfone groups is 1. The third-order valence-corrected chi connectivity index (χ3v) is 7.49. The number of aliphatic hydroxyl groups is 1. The summed E-state index contributed by atoms with van der Waals surface area (Å²) in [6.07, 6.45) is -1.59. The van der Waals surface area contributed by atoms with Crippen LogP contribution >= 0.6 is 0 Å². The predicted octanol–water partition coefficient (Wildman–Crippen LogP) is 2.67. The van der Waals surface area contributed by atoms with Gasteiger partial charge < -0.3 is 9.29 Å². The highest BCUT2D eigenvalue weighted by Crippen LogP contribution is 2.51. The van der Waals surface area contributed by atoms with Gasteiger partial charge in [0.15, 0.2) is 11.6 Å². The van der Waals surface area contributed by atoms with Crippen LogP contribution in [0.4, 0.5) is 26.3 Å². The maximum atomic E-state index is 14.0. The van der Waals surface area contributed by atoms with Gasteiger partial charge in [0.05, 0.1) is 12.2 Å². The van der Waals surface area contributed by atoms with Gasteiger partial charge in [0.2, 0.25) is 9.84 Å². The molecule has 0 aromatic heterocycles. The molecule has 35 heavy (non-hydrogen) atoms. The van der Waals surface area contributed by atoms with Crippen molar-refractivity contribution in [2.75, 3.05) is 5.75 Å². The zero-order chi connectivity index (χ0) is 27.6. The highest BCUT2D eigenvalue weighted by atomic mass is 32.2. The van der Waals surface area contributed by atoms with Crippen LogP contribution in [0.15, 0.2) is 36.4 Å². The number of halogens is 6. The summed E-state index contributed by atoms with van der Waals surface area (Å²) in [6, 6.07) is 2.86. The minimum atomic E-state index is -6.91. The summed E-state index contributed by atoms with van der Waals surface area (Å²) in [6.45, 7) is 5.14. The lowest BCUT2D eigenvalue weighted by molar-refractivity contribution is -0.245. The second-order valence-electron chi connectivity index (χ2n) is 7.09. The number of ketones is 2. The van der Waals surface area contributed by atoms with Crippen molar-refractivity contribution in [1.82, 2.24) is 0 Å². The Kier molecular flexibility index (Phi) is 8.96. The molecule has 1 unspecified atom stereocenters. The highest BCUT2D eigenvalue weighted by molar-refractivity contribution is 7.92. The lowest BCUT2D eigenvalue weighted by Crippen LogP contribution is -2.61. The van der Waals surface area contributed by atoms with Crippen molar-refractivity contribution < 1.29 is 62.1 Å². The molecule has 197 valence electrons. The summed E-state index contributed by atoms with van der Waals surface area (Å²) >= 11 is 0. The first-order valence-electron chi connectivity index (χ1n) is 9.29. The van der Waals surface area contributed by atoms with Crippen LogP contribution in [0.1, 0.15) is 25.8 Å². The number of alkyl halides is 6. The summed E-state index contributed by atoms with van der Waals surface area (Å²) in [5.74, 6) is -11.3. The quantitative estimate of drug-likeness (QED) is 0.224. The van der Waals surface area contributed by atoms with E-state index in [2.05, 4.69) is 10.8 Å². The van der Waals surface area contributed by atoms with Crippen LogP contribution in [-0.4, -0.2) is 61.8 Å². The lowest BCUT2D eigenvalue weighted by atomic mass is 10.00. The van der Waals surface area contributed by atoms with E-state index in [-0.39, 0.29) is 11.1 Å². The number of hydrogen-bond acceptors (Lipinski definition) is 8. The van der Waals surface area contributed by atoms with E-state index in [1.807, 2.05) is 0 Å². The normalized spacial score (nSPS) is 14.3. The number of benzene rings is 1. The number of carbonyl (C=O) groups is 2. The van der Waals surface area contributed by atoms with Gasteiger partial charge in [0.25, 0.3) is 0 Å². The van der Waals surface area contributed by atoms with Gasteiger partial charge in [0, 0.05) is 6.42 Å². The van der Waals surface area contributed by atoms with E-state index in [1.54, 1.807) is 0 Å². The van der Waals surface area contributed by atoms with E-state index in [1.165, 1.54) is 6.92 Å². The summed E-state index contributed by atoms with van der Waals surface area (Å²) < 4.78 is 133. The van der Waals surface area contributed by atoms with E-state index in [4.69, 9.17) is 0 Å². The Labute approximate surface area is 196 Å². The fourth-order valence-electron chi connectivity index (χ4n) is 2.21. The molecular weight excluding hydrogens is 534 g/mol. The molecule has 0 bridgehead atoms. The lowest BCUT2D eigenvalue weighted by Gasteiger charge is -2.31. The Morgan fingerprint density at radius 2 is 1.51 bits per heavy atom. The number of Topliss-reactive ketones (excluding diaryl/α,β-unsaturated/α-hetero) is 2. The second kappa shape index (κ2) is 10.3. The van der Waals surface area contributed by atoms with E-state index in [0.717, 1.165) is 18.6 Å². The number of carbonyl (C=O) groups excluding carboxylic acids is 2. The summed E-state index contributed by atoms with van der Waals surface area (Å²) in [5.41, 5.74) is -0.00812. The maximum absolute atomic E-state index is 14.0. The van der Waals surface area contributed by atoms with E-state index < -0.39 is 72.0 Å². The molecule has 1 aromatic rings. The summed E-state index contributed by atoms with van der Waals surface area (Å²) in [5, 5.41) is -3.44. The number of aliphatic hydroxyl groups excluding tert-OH is 1. The Morgan fingerprint density at radius 1 is 1.03 bits per heavy atom. The van der Waals surface area contributed by atoms with Gasteiger partial charge in [0.1, 0.15) is 11.9 Å². The van der Waals surface area contributed by atoms with Crippen LogP contribution < -0.4 is 4.18 Å². The minimum Gasteiger partial charge on any atom is -0.385 e. The number of rotatable bonds is 13. The van der Waals surface area contributed by atoms with Gasteiger partial charge in [-0.15, -0.1) is 0 Å². The van der Waals surface area contributed by atoms with Gasteiger partial charge in [-0.3, -0.25) is 9.59 Å². The van der Waals surface area contributed by atoms with Gasteiger partial charge >= 0.3 is 26.5 Å². The van der Waals surface area contributed by atoms with E-state index >= 15 is 0 Å². The van der Waals surface area contributed by atoms with Crippen LogP contribution in [0.25, 0.3) is 0 Å². The zero-order valence-corrected chi connectivity index (χ0v) is 19.6. The standard InChI is InChI=1S/C19H19F6O8S2/c1-4-34(29,30)18(22,23)17(20,21)19(24,25)35(31,32)33-13-7-5-12(6-8-13)9-15(27)16(28)10-14(26)11(2)3/h5-9,16,28H,2,4,10H2,1,3H3. The molecule has 1 atom stereocenters. The van der Waals surface area contributed by atoms with Crippen molar-refractivity contribution >= 4 is 31.5 Å². The molecule has 0 saturated heterocycles. The average molecular weight is 553 g/mol. The van der Waals surface area contributed by atoms with E-state index in [0.29, 0.717) is 19.1 Å². The highest BCUT2D eigenvalue weighted by Gasteiger charge is 2.82. The second-order valence-corrected chi connectivity index (χ2v) is 11.0. The van der Waals surface area contributed by atoms with Crippen LogP contribution in [-0.2, 0) is 29.5 Å². The van der Waals surface area contributed by atoms with Gasteiger partial charge in [-0.2, -0.15) is 34.8 Å². The molecule has 0 amide bonds. The molecule has 1 rings (SSSR count). The molecular formula is C19H19F6O8S2. The molecule has 16 heteroatoms. The van der Waals surface area contributed by atoms with E-state index in [9.17, 15) is 57.9 Å². The fraction of sp³-hybridized carbons (Fsp3) is 0.421. The molecule has 1 aromatic carbocycles. The topological polar surface area (TPSA) is 132 Å². The largest absolute Gasteiger partial charge is 0.450 e. The smallest absolute Gasteiger partial charge is 0.385 e. The summed E-state index contributed by atoms with van der Waals surface area (Å²) in [4.78, 5) is 23.4. The fourth-order valence-corrected chi connectivity index (χ4v) is 4.07. The Balaban J connectivity index is 3.09. The van der Waals surface area contributed by atoms with Crippen LogP contribution in [0.2, 0.25) is 0 Å². The van der Waals surface area contributed by atoms with Gasteiger partial charge in [-0.1, -0.05) is 25.6 Å². The maximum Gasteiger partial charge on any atom is 0.450 e. The molecule has 0 aliphatic carbocycles. The molecule has 0 aliphatic rings. The molecule has 1 N–H and O–H groups in total. The number of allylic oxidation sites excluding steroid dienone is 1. The Bertz CT molecular complexity index is 1190. The Hall–Kier alpha value is -2.46. The van der Waals surface area contributed by atoms with Crippen molar-refractivity contribution in [2.45, 2.75) is 42.8 Å². The molecule has 8 nitrogen and oxygen atoms in total. The predicted molar refractivity (Wildman–Crippen MR) is 109 cm³/mol. The molecule has 0 heterocycles. The van der Waals surface area contributed by atoms with Gasteiger partial charge in [-0.05, 0) is 30.2 Å². The molecule has 0 fully saturated rings. The third kappa shape index (κ3) is 6.03. The molecule has 0 aliphatic heterocycles. The van der Waals surface area contributed by atoms with Crippen molar-refractivity contribution in [3.05, 3.63) is 48.4 Å². The molecule has 0 spiro atoms. The van der Waals surface area contributed by atoms with Crippen molar-refractivity contribution in [1.29, 1.82) is 0 Å². The summed E-state index contributed by atoms with van der Waals surface area (Å²) in [7, 11) is -13.1. The first-order valence-corrected chi connectivity index (χ1v) is 12.4. The number of hydrogen-bond donors (Lipinski definition) is 1. The SMILES string of the molecule is C=C(C)C(=O)CC(O)C(=O)[CH]c1ccc(OS(=O)(=O)C(F)(F)C(F)(F)C(F)(F)S(=O)(=O)CC)cc1. The Morgan fingerprint density at radius 3 is 1.94 bits per heavy atom. The average Bonchev–Trinajstić information content (AvgIpc) is 2.73. The first kappa shape index (κ1) is 30.6. The van der Waals surface area contributed by atoms with Gasteiger partial charge in [-0.25, -0.2) is 8.42 Å². The zero-order valence-electron chi connectivity index (χ0n) is 18.0. The van der Waals surface area contributed by atoms with Crippen molar-refractivity contribution in [3.63, 3.8) is 0 Å². The van der Waals surface area contributed by atoms with Crippen LogP contribution in [0, 0.1) is 6.42 Å². The van der Waals surface area contributed by atoms with Crippen molar-refractivity contribution in [2.24, 2.45) is 0 Å². The van der Waals surface area contributed by atoms with Crippen LogP contribution in [0.3, 0.4) is 0 Å². The molecule has 0 saturated carbocycles. The monoisotopic (exact) mass is 553 g/mol.